The number of aliphatic carboxylic acids is 3. The Bertz CT molecular complexity index is 152. The van der Waals surface area contributed by atoms with E-state index in [9.17, 15) is 4.79 Å². The topological polar surface area (TPSA) is 112 Å². The van der Waals surface area contributed by atoms with Gasteiger partial charge >= 0.3 is 35.5 Å². The molecule has 0 saturated carbocycles. The Morgan fingerprint density at radius 1 is 1.00 bits per heavy atom. The molecular weight excluding hydrogens is 227 g/mol. The SMILES string of the molecule is CC(=O)O.CC(=O)O.O=C(O)CCl.[NaH]. The van der Waals surface area contributed by atoms with Crippen molar-refractivity contribution in [1.29, 1.82) is 0 Å². The Labute approximate surface area is 108 Å². The maximum absolute atomic E-state index is 9.24. The van der Waals surface area contributed by atoms with Crippen molar-refractivity contribution in [3.63, 3.8) is 0 Å². The number of carbonyl (C=O) groups is 3. The van der Waals surface area contributed by atoms with E-state index in [-0.39, 0.29) is 35.4 Å². The third-order valence-corrected chi connectivity index (χ3v) is 0.343. The van der Waals surface area contributed by atoms with Crippen LogP contribution >= 0.6 is 11.6 Å². The number of halogens is 1. The predicted molar refractivity (Wildman–Crippen MR) is 52.1 cm³/mol. The molecule has 0 atom stereocenters. The molecule has 0 aromatic rings. The summed E-state index contributed by atoms with van der Waals surface area (Å²) in [6.45, 7) is 2.17. The number of carboxylic acids is 3. The van der Waals surface area contributed by atoms with Gasteiger partial charge in [-0.2, -0.15) is 0 Å². The van der Waals surface area contributed by atoms with Crippen LogP contribution in [0.5, 0.6) is 0 Å². The van der Waals surface area contributed by atoms with E-state index in [1.807, 2.05) is 0 Å². The molecule has 6 nitrogen and oxygen atoms in total. The van der Waals surface area contributed by atoms with E-state index in [4.69, 9.17) is 36.5 Å². The van der Waals surface area contributed by atoms with Gasteiger partial charge in [-0.3, -0.25) is 14.4 Å². The van der Waals surface area contributed by atoms with Crippen molar-refractivity contribution in [2.75, 3.05) is 5.88 Å². The van der Waals surface area contributed by atoms with Crippen LogP contribution in [0.4, 0.5) is 0 Å². The molecule has 0 bridgehead atoms. The van der Waals surface area contributed by atoms with E-state index < -0.39 is 17.9 Å². The molecule has 0 aliphatic rings. The Morgan fingerprint density at radius 3 is 1.07 bits per heavy atom. The van der Waals surface area contributed by atoms with Crippen molar-refractivity contribution in [3.05, 3.63) is 0 Å². The number of hydrogen-bond acceptors (Lipinski definition) is 3. The molecule has 0 radical (unpaired) electrons. The van der Waals surface area contributed by atoms with Crippen molar-refractivity contribution < 1.29 is 29.7 Å². The van der Waals surface area contributed by atoms with Crippen LogP contribution in [0.2, 0.25) is 0 Å². The maximum atomic E-state index is 9.24. The van der Waals surface area contributed by atoms with E-state index in [1.54, 1.807) is 0 Å². The molecule has 0 aromatic carbocycles. The second-order valence-corrected chi connectivity index (χ2v) is 1.83. The summed E-state index contributed by atoms with van der Waals surface area (Å²) in [4.78, 5) is 27.2. The van der Waals surface area contributed by atoms with Crippen LogP contribution in [-0.4, -0.2) is 68.7 Å². The Kier molecular flexibility index (Phi) is 31.0. The first-order valence-electron chi connectivity index (χ1n) is 2.90. The molecule has 0 unspecified atom stereocenters. The average Bonchev–Trinajstić information content (AvgIpc) is 1.84. The first-order valence-corrected chi connectivity index (χ1v) is 3.44. The second-order valence-electron chi connectivity index (χ2n) is 1.57. The van der Waals surface area contributed by atoms with E-state index >= 15 is 0 Å². The summed E-state index contributed by atoms with van der Waals surface area (Å²) >= 11 is 4.74. The Morgan fingerprint density at radius 2 is 1.07 bits per heavy atom. The van der Waals surface area contributed by atoms with Crippen molar-refractivity contribution in [3.8, 4) is 0 Å². The predicted octanol–water partition coefficient (Wildman–Crippen LogP) is -0.157. The summed E-state index contributed by atoms with van der Waals surface area (Å²) in [5.41, 5.74) is 0. The van der Waals surface area contributed by atoms with Crippen LogP contribution in [0, 0.1) is 0 Å². The summed E-state index contributed by atoms with van der Waals surface area (Å²) in [5.74, 6) is -2.95. The van der Waals surface area contributed by atoms with Gasteiger partial charge in [-0.05, 0) is 0 Å². The minimum absolute atomic E-state index is 0. The molecular formula is C6H12ClNaO6. The molecule has 14 heavy (non-hydrogen) atoms. The first kappa shape index (κ1) is 23.5. The van der Waals surface area contributed by atoms with Crippen molar-refractivity contribution in [2.45, 2.75) is 13.8 Å². The molecule has 0 spiro atoms. The molecule has 0 amide bonds. The van der Waals surface area contributed by atoms with Gasteiger partial charge in [0.2, 0.25) is 0 Å². The van der Waals surface area contributed by atoms with Gasteiger partial charge < -0.3 is 15.3 Å². The zero-order valence-electron chi connectivity index (χ0n) is 7.15. The van der Waals surface area contributed by atoms with Gasteiger partial charge in [0, 0.05) is 13.8 Å². The molecule has 0 saturated heterocycles. The second kappa shape index (κ2) is 18.5. The first-order chi connectivity index (χ1) is 5.73. The van der Waals surface area contributed by atoms with Crippen molar-refractivity contribution in [1.82, 2.24) is 0 Å². The fourth-order valence-electron chi connectivity index (χ4n) is 0. The molecule has 8 heteroatoms. The molecule has 0 heterocycles. The summed E-state index contributed by atoms with van der Waals surface area (Å²) in [7, 11) is 0. The van der Waals surface area contributed by atoms with Gasteiger partial charge in [0.25, 0.3) is 11.9 Å². The fraction of sp³-hybridized carbons (Fsp3) is 0.500. The zero-order valence-corrected chi connectivity index (χ0v) is 7.91. The number of hydrogen-bond donors (Lipinski definition) is 3. The van der Waals surface area contributed by atoms with Gasteiger partial charge in [0.15, 0.2) is 0 Å². The fourth-order valence-corrected chi connectivity index (χ4v) is 0. The number of rotatable bonds is 1. The summed E-state index contributed by atoms with van der Waals surface area (Å²) < 4.78 is 0. The minimum atomic E-state index is -0.980. The monoisotopic (exact) mass is 238 g/mol. The average molecular weight is 239 g/mol. The molecule has 0 aliphatic carbocycles. The van der Waals surface area contributed by atoms with Gasteiger partial charge in [-0.15, -0.1) is 11.6 Å². The van der Waals surface area contributed by atoms with Gasteiger partial charge in [0.05, 0.1) is 0 Å². The van der Waals surface area contributed by atoms with Crippen LogP contribution in [-0.2, 0) is 14.4 Å². The van der Waals surface area contributed by atoms with Crippen LogP contribution in [0.1, 0.15) is 13.8 Å². The summed E-state index contributed by atoms with van der Waals surface area (Å²) in [6.07, 6.45) is 0. The van der Waals surface area contributed by atoms with E-state index in [0.29, 0.717) is 0 Å². The van der Waals surface area contributed by atoms with Crippen molar-refractivity contribution >= 4 is 59.1 Å². The number of carboxylic acid groups (broad SMARTS) is 3. The third-order valence-electron chi connectivity index (χ3n) is 0.114. The van der Waals surface area contributed by atoms with Crippen molar-refractivity contribution in [2.24, 2.45) is 0 Å². The van der Waals surface area contributed by atoms with Gasteiger partial charge in [-0.25, -0.2) is 0 Å². The Balaban J connectivity index is -0.0000000522. The molecule has 80 valence electrons. The molecule has 0 aliphatic heterocycles. The molecule has 0 aromatic heterocycles. The van der Waals surface area contributed by atoms with E-state index in [0.717, 1.165) is 13.8 Å². The summed E-state index contributed by atoms with van der Waals surface area (Å²) in [5, 5.41) is 22.4. The normalized spacial score (nSPS) is 6.21. The van der Waals surface area contributed by atoms with E-state index in [1.165, 1.54) is 0 Å². The molecule has 3 N–H and O–H groups in total. The number of alkyl halides is 1. The molecule has 0 rings (SSSR count). The van der Waals surface area contributed by atoms with Crippen LogP contribution < -0.4 is 0 Å². The van der Waals surface area contributed by atoms with Crippen LogP contribution in [0.3, 0.4) is 0 Å². The quantitative estimate of drug-likeness (QED) is 0.432. The third kappa shape index (κ3) is 464. The van der Waals surface area contributed by atoms with Crippen LogP contribution in [0.15, 0.2) is 0 Å². The van der Waals surface area contributed by atoms with Gasteiger partial charge in [0.1, 0.15) is 5.88 Å². The Hall–Kier alpha value is -0.300. The molecule has 0 fully saturated rings. The standard InChI is InChI=1S/C2H3ClO2.2C2H4O2.Na.H/c3-1-2(4)5;2*1-2(3)4;;/h1H2,(H,4,5);2*1H3,(H,3,4);;. The summed E-state index contributed by atoms with van der Waals surface area (Å²) in [6, 6.07) is 0. The van der Waals surface area contributed by atoms with Gasteiger partial charge in [-0.1, -0.05) is 0 Å². The van der Waals surface area contributed by atoms with Crippen LogP contribution in [0.25, 0.3) is 0 Å². The van der Waals surface area contributed by atoms with E-state index in [2.05, 4.69) is 0 Å². The zero-order chi connectivity index (χ0) is 11.4.